The Morgan fingerprint density at radius 1 is 1.22 bits per heavy atom. The van der Waals surface area contributed by atoms with Crippen LogP contribution in [0.4, 0.5) is 0 Å². The first-order chi connectivity index (χ1) is 11.0. The van der Waals surface area contributed by atoms with Crippen LogP contribution in [0.1, 0.15) is 48.8 Å². The average molecular weight is 314 g/mol. The van der Waals surface area contributed by atoms with Gasteiger partial charge in [-0.05, 0) is 57.1 Å². The molecule has 4 nitrogen and oxygen atoms in total. The summed E-state index contributed by atoms with van der Waals surface area (Å²) in [6, 6.07) is 6.47. The topological polar surface area (TPSA) is 49.4 Å². The summed E-state index contributed by atoms with van der Waals surface area (Å²) in [6.07, 6.45) is 5.12. The molecule has 0 radical (unpaired) electrons. The predicted octanol–water partition coefficient (Wildman–Crippen LogP) is 2.51. The molecule has 2 fully saturated rings. The first-order valence-electron chi connectivity index (χ1n) is 8.70. The fraction of sp³-hybridized carbons (Fsp3) is 0.579. The van der Waals surface area contributed by atoms with Crippen molar-refractivity contribution in [2.24, 2.45) is 0 Å². The molecule has 1 saturated heterocycles. The molecule has 1 heterocycles. The van der Waals surface area contributed by atoms with Crippen molar-refractivity contribution in [1.29, 1.82) is 0 Å². The lowest BCUT2D eigenvalue weighted by Gasteiger charge is -2.24. The van der Waals surface area contributed by atoms with Crippen molar-refractivity contribution in [3.05, 3.63) is 34.9 Å². The van der Waals surface area contributed by atoms with E-state index in [0.29, 0.717) is 19.0 Å². The molecule has 1 N–H and O–H groups in total. The van der Waals surface area contributed by atoms with E-state index < -0.39 is 0 Å². The lowest BCUT2D eigenvalue weighted by Crippen LogP contribution is -2.46. The number of rotatable bonds is 5. The zero-order valence-corrected chi connectivity index (χ0v) is 14.1. The summed E-state index contributed by atoms with van der Waals surface area (Å²) >= 11 is 0. The first-order valence-corrected chi connectivity index (χ1v) is 8.70. The number of amides is 2. The highest BCUT2D eigenvalue weighted by atomic mass is 16.2. The summed E-state index contributed by atoms with van der Waals surface area (Å²) in [7, 11) is 0. The zero-order valence-electron chi connectivity index (χ0n) is 14.1. The number of nitrogens with one attached hydrogen (secondary N) is 1. The van der Waals surface area contributed by atoms with Crippen molar-refractivity contribution in [1.82, 2.24) is 10.2 Å². The lowest BCUT2D eigenvalue weighted by molar-refractivity contribution is -0.138. The molecule has 0 bridgehead atoms. The van der Waals surface area contributed by atoms with Crippen LogP contribution in [0.25, 0.3) is 0 Å². The fourth-order valence-corrected chi connectivity index (χ4v) is 3.37. The van der Waals surface area contributed by atoms with Crippen molar-refractivity contribution in [2.45, 2.75) is 64.5 Å². The molecule has 2 aliphatic rings. The molecule has 1 aromatic rings. The highest BCUT2D eigenvalue weighted by molar-refractivity contribution is 5.88. The summed E-state index contributed by atoms with van der Waals surface area (Å²) in [4.78, 5) is 26.6. The van der Waals surface area contributed by atoms with Gasteiger partial charge in [-0.1, -0.05) is 23.8 Å². The summed E-state index contributed by atoms with van der Waals surface area (Å²) in [6.45, 7) is 4.89. The molecule has 1 aromatic carbocycles. The van der Waals surface area contributed by atoms with Gasteiger partial charge in [-0.25, -0.2) is 0 Å². The van der Waals surface area contributed by atoms with Gasteiger partial charge in [-0.15, -0.1) is 0 Å². The van der Waals surface area contributed by atoms with Crippen LogP contribution in [0, 0.1) is 13.8 Å². The average Bonchev–Trinajstić information content (AvgIpc) is 3.17. The second-order valence-electron chi connectivity index (χ2n) is 6.96. The van der Waals surface area contributed by atoms with Crippen LogP contribution in [0.15, 0.2) is 18.2 Å². The zero-order chi connectivity index (χ0) is 16.4. The first kappa shape index (κ1) is 16.0. The normalized spacial score (nSPS) is 20.6. The molecule has 1 unspecified atom stereocenters. The van der Waals surface area contributed by atoms with Crippen LogP contribution in [0.3, 0.4) is 0 Å². The fourth-order valence-electron chi connectivity index (χ4n) is 3.37. The van der Waals surface area contributed by atoms with Crippen LogP contribution in [-0.2, 0) is 16.0 Å². The number of benzene rings is 1. The third-order valence-electron chi connectivity index (χ3n) is 4.91. The predicted molar refractivity (Wildman–Crippen MR) is 90.1 cm³/mol. The third-order valence-corrected chi connectivity index (χ3v) is 4.91. The molecule has 1 aliphatic carbocycles. The van der Waals surface area contributed by atoms with Crippen LogP contribution in [0.2, 0.25) is 0 Å². The molecule has 0 spiro atoms. The van der Waals surface area contributed by atoms with Gasteiger partial charge in [0.2, 0.25) is 11.8 Å². The van der Waals surface area contributed by atoms with E-state index in [9.17, 15) is 9.59 Å². The van der Waals surface area contributed by atoms with Gasteiger partial charge in [0.25, 0.3) is 0 Å². The highest BCUT2D eigenvalue weighted by Crippen LogP contribution is 2.23. The molecule has 1 saturated carbocycles. The van der Waals surface area contributed by atoms with E-state index >= 15 is 0 Å². The minimum absolute atomic E-state index is 0.0462. The molecule has 3 rings (SSSR count). The Kier molecular flexibility index (Phi) is 4.69. The maximum atomic E-state index is 12.6. The molecule has 1 aliphatic heterocycles. The minimum Gasteiger partial charge on any atom is -0.352 e. The lowest BCUT2D eigenvalue weighted by atomic mass is 10.0. The Labute approximate surface area is 138 Å². The molecule has 23 heavy (non-hydrogen) atoms. The smallest absolute Gasteiger partial charge is 0.243 e. The van der Waals surface area contributed by atoms with Crippen LogP contribution >= 0.6 is 0 Å². The Balaban J connectivity index is 1.57. The van der Waals surface area contributed by atoms with E-state index in [-0.39, 0.29) is 17.9 Å². The summed E-state index contributed by atoms with van der Waals surface area (Å²) < 4.78 is 0. The highest BCUT2D eigenvalue weighted by Gasteiger charge is 2.36. The van der Waals surface area contributed by atoms with Gasteiger partial charge < -0.3 is 10.2 Å². The van der Waals surface area contributed by atoms with E-state index in [1.807, 2.05) is 0 Å². The van der Waals surface area contributed by atoms with Crippen molar-refractivity contribution in [3.8, 4) is 0 Å². The number of aryl methyl sites for hydroxylation is 3. The maximum Gasteiger partial charge on any atom is 0.243 e. The van der Waals surface area contributed by atoms with E-state index in [4.69, 9.17) is 0 Å². The Hall–Kier alpha value is -1.84. The van der Waals surface area contributed by atoms with Crippen molar-refractivity contribution >= 4 is 11.8 Å². The Morgan fingerprint density at radius 3 is 2.70 bits per heavy atom. The van der Waals surface area contributed by atoms with E-state index in [1.54, 1.807) is 4.90 Å². The molecule has 0 aromatic heterocycles. The molecule has 4 heteroatoms. The van der Waals surface area contributed by atoms with Crippen LogP contribution < -0.4 is 5.32 Å². The van der Waals surface area contributed by atoms with E-state index in [0.717, 1.165) is 32.1 Å². The number of carbonyl (C=O) groups is 2. The van der Waals surface area contributed by atoms with E-state index in [1.165, 1.54) is 16.7 Å². The van der Waals surface area contributed by atoms with Crippen molar-refractivity contribution < 1.29 is 9.59 Å². The second-order valence-corrected chi connectivity index (χ2v) is 6.96. The van der Waals surface area contributed by atoms with Gasteiger partial charge in [-0.3, -0.25) is 9.59 Å². The number of carbonyl (C=O) groups excluding carboxylic acids is 2. The second kappa shape index (κ2) is 6.73. The Morgan fingerprint density at radius 2 is 2.00 bits per heavy atom. The van der Waals surface area contributed by atoms with Gasteiger partial charge in [0.1, 0.15) is 6.04 Å². The third kappa shape index (κ3) is 3.92. The summed E-state index contributed by atoms with van der Waals surface area (Å²) in [5, 5.41) is 3.04. The number of nitrogens with zero attached hydrogens (tertiary/aromatic N) is 1. The molecule has 2 amide bonds. The summed E-state index contributed by atoms with van der Waals surface area (Å²) in [5.41, 5.74) is 3.71. The van der Waals surface area contributed by atoms with Crippen molar-refractivity contribution in [2.75, 3.05) is 6.54 Å². The quantitative estimate of drug-likeness (QED) is 0.908. The van der Waals surface area contributed by atoms with Crippen LogP contribution in [-0.4, -0.2) is 35.3 Å². The molecule has 124 valence electrons. The van der Waals surface area contributed by atoms with E-state index in [2.05, 4.69) is 37.4 Å². The van der Waals surface area contributed by atoms with Gasteiger partial charge in [-0.2, -0.15) is 0 Å². The minimum atomic E-state index is -0.248. The maximum absolute atomic E-state index is 12.6. The van der Waals surface area contributed by atoms with Crippen LogP contribution in [0.5, 0.6) is 0 Å². The molecular formula is C19H26N2O2. The largest absolute Gasteiger partial charge is 0.352 e. The molecule has 1 atom stereocenters. The number of hydrogen-bond acceptors (Lipinski definition) is 2. The van der Waals surface area contributed by atoms with Gasteiger partial charge in [0.15, 0.2) is 0 Å². The Bertz CT molecular complexity index is 607. The monoisotopic (exact) mass is 314 g/mol. The molecular weight excluding hydrogens is 288 g/mol. The number of hydrogen-bond donors (Lipinski definition) is 1. The van der Waals surface area contributed by atoms with Gasteiger partial charge in [0, 0.05) is 19.0 Å². The number of likely N-dealkylation sites (tertiary alicyclic amines) is 1. The van der Waals surface area contributed by atoms with Gasteiger partial charge in [0.05, 0.1) is 0 Å². The SMILES string of the molecule is Cc1ccc(CCC(=O)N2CCCC2C(=O)NC2CC2)c(C)c1. The summed E-state index contributed by atoms with van der Waals surface area (Å²) in [5.74, 6) is 0.156. The van der Waals surface area contributed by atoms with Gasteiger partial charge >= 0.3 is 0 Å². The van der Waals surface area contributed by atoms with Crippen molar-refractivity contribution in [3.63, 3.8) is 0 Å². The standard InChI is InChI=1S/C19H26N2O2/c1-13-5-6-15(14(2)12-13)7-10-18(22)21-11-3-4-17(21)19(23)20-16-8-9-16/h5-6,12,16-17H,3-4,7-11H2,1-2H3,(H,20,23).